The van der Waals surface area contributed by atoms with Crippen molar-refractivity contribution in [1.82, 2.24) is 24.7 Å². The minimum Gasteiger partial charge on any atom is -0.344 e. The fourth-order valence-electron chi connectivity index (χ4n) is 3.65. The smallest absolute Gasteiger partial charge is 0.227 e. The molecule has 3 aromatic heterocycles. The first kappa shape index (κ1) is 21.2. The lowest BCUT2D eigenvalue weighted by molar-refractivity contribution is 0.768. The van der Waals surface area contributed by atoms with Gasteiger partial charge < -0.3 is 10.6 Å². The fourth-order valence-corrected chi connectivity index (χ4v) is 3.95. The van der Waals surface area contributed by atoms with Crippen molar-refractivity contribution in [2.45, 2.75) is 25.2 Å². The summed E-state index contributed by atoms with van der Waals surface area (Å²) < 4.78 is 1.72. The van der Waals surface area contributed by atoms with Crippen LogP contribution in [0.4, 0.5) is 17.5 Å². The first-order valence-corrected chi connectivity index (χ1v) is 11.2. The highest BCUT2D eigenvalue weighted by molar-refractivity contribution is 6.31. The molecule has 1 aliphatic carbocycles. The van der Waals surface area contributed by atoms with E-state index in [2.05, 4.69) is 61.5 Å². The molecule has 0 radical (unpaired) electrons. The maximum atomic E-state index is 6.41. The molecular formula is C25H24ClN7. The molecule has 5 rings (SSSR count). The Kier molecular flexibility index (Phi) is 5.79. The van der Waals surface area contributed by atoms with Gasteiger partial charge in [-0.25, -0.2) is 15.0 Å². The van der Waals surface area contributed by atoms with Gasteiger partial charge in [-0.3, -0.25) is 4.68 Å². The highest BCUT2D eigenvalue weighted by Gasteiger charge is 2.26. The normalized spacial score (nSPS) is 13.0. The lowest BCUT2D eigenvalue weighted by Gasteiger charge is -2.11. The summed E-state index contributed by atoms with van der Waals surface area (Å²) in [5, 5.41) is 11.3. The Morgan fingerprint density at radius 3 is 2.45 bits per heavy atom. The third-order valence-electron chi connectivity index (χ3n) is 5.52. The summed E-state index contributed by atoms with van der Waals surface area (Å²) in [6, 6.07) is 10.2. The van der Waals surface area contributed by atoms with Gasteiger partial charge in [-0.1, -0.05) is 42.4 Å². The van der Waals surface area contributed by atoms with Crippen molar-refractivity contribution in [2.75, 3.05) is 10.6 Å². The summed E-state index contributed by atoms with van der Waals surface area (Å²) in [5.41, 5.74) is 6.00. The second-order valence-electron chi connectivity index (χ2n) is 8.29. The molecule has 8 heteroatoms. The van der Waals surface area contributed by atoms with Crippen molar-refractivity contribution in [3.63, 3.8) is 0 Å². The van der Waals surface area contributed by atoms with Gasteiger partial charge in [-0.2, -0.15) is 5.10 Å². The number of allylic oxidation sites excluding steroid dienone is 1. The highest BCUT2D eigenvalue weighted by Crippen LogP contribution is 2.43. The average molecular weight is 458 g/mol. The van der Waals surface area contributed by atoms with Crippen LogP contribution in [0.5, 0.6) is 0 Å². The molecule has 0 unspecified atom stereocenters. The third-order valence-corrected chi connectivity index (χ3v) is 5.85. The van der Waals surface area contributed by atoms with Crippen molar-refractivity contribution in [3.8, 4) is 11.1 Å². The molecule has 2 N–H and O–H groups in total. The van der Waals surface area contributed by atoms with Crippen LogP contribution in [0.1, 0.15) is 29.9 Å². The lowest BCUT2D eigenvalue weighted by Crippen LogP contribution is -2.03. The summed E-state index contributed by atoms with van der Waals surface area (Å²) >= 11 is 6.41. The number of hydrogen-bond acceptors (Lipinski definition) is 6. The van der Waals surface area contributed by atoms with E-state index in [4.69, 9.17) is 11.6 Å². The van der Waals surface area contributed by atoms with E-state index < -0.39 is 0 Å². The summed E-state index contributed by atoms with van der Waals surface area (Å²) in [5.74, 6) is 1.84. The number of pyridine rings is 1. The van der Waals surface area contributed by atoms with Crippen LogP contribution in [0, 0.1) is 0 Å². The molecule has 1 aliphatic rings. The van der Waals surface area contributed by atoms with Crippen LogP contribution in [0.25, 0.3) is 11.1 Å². The topological polar surface area (TPSA) is 80.5 Å². The molecule has 0 atom stereocenters. The first-order chi connectivity index (χ1) is 16.0. The van der Waals surface area contributed by atoms with Crippen LogP contribution in [-0.4, -0.2) is 24.7 Å². The van der Waals surface area contributed by atoms with Crippen LogP contribution in [0.15, 0.2) is 73.6 Å². The summed E-state index contributed by atoms with van der Waals surface area (Å²) in [6.45, 7) is 4.14. The zero-order chi connectivity index (χ0) is 22.8. The molecule has 0 saturated heterocycles. The molecule has 7 nitrogen and oxygen atoms in total. The van der Waals surface area contributed by atoms with Gasteiger partial charge in [-0.15, -0.1) is 0 Å². The lowest BCUT2D eigenvalue weighted by atomic mass is 10.0. The second kappa shape index (κ2) is 9.03. The predicted octanol–water partition coefficient (Wildman–Crippen LogP) is 5.71. The van der Waals surface area contributed by atoms with Gasteiger partial charge in [0.15, 0.2) is 0 Å². The number of nitrogens with zero attached hydrogens (tertiary/aromatic N) is 5. The third kappa shape index (κ3) is 5.21. The van der Waals surface area contributed by atoms with Crippen LogP contribution >= 0.6 is 11.6 Å². The highest BCUT2D eigenvalue weighted by atomic mass is 35.5. The first-order valence-electron chi connectivity index (χ1n) is 10.8. The molecule has 1 fully saturated rings. The zero-order valence-corrected chi connectivity index (χ0v) is 19.0. The minimum absolute atomic E-state index is 0.532. The van der Waals surface area contributed by atoms with Crippen LogP contribution < -0.4 is 10.6 Å². The Balaban J connectivity index is 1.18. The number of benzene rings is 1. The molecular weight excluding hydrogens is 434 g/mol. The van der Waals surface area contributed by atoms with Gasteiger partial charge in [0.25, 0.3) is 0 Å². The van der Waals surface area contributed by atoms with Crippen molar-refractivity contribution in [3.05, 3.63) is 89.7 Å². The average Bonchev–Trinajstić information content (AvgIpc) is 3.56. The van der Waals surface area contributed by atoms with E-state index in [0.717, 1.165) is 44.5 Å². The Bertz CT molecular complexity index is 1280. The van der Waals surface area contributed by atoms with Crippen LogP contribution in [-0.2, 0) is 13.5 Å². The van der Waals surface area contributed by atoms with E-state index in [1.165, 1.54) is 12.8 Å². The van der Waals surface area contributed by atoms with Crippen molar-refractivity contribution >= 4 is 29.1 Å². The zero-order valence-electron chi connectivity index (χ0n) is 18.3. The second-order valence-corrected chi connectivity index (χ2v) is 8.70. The van der Waals surface area contributed by atoms with Crippen molar-refractivity contribution in [1.29, 1.82) is 0 Å². The van der Waals surface area contributed by atoms with Gasteiger partial charge >= 0.3 is 0 Å². The molecule has 0 spiro atoms. The SMILES string of the molecule is C=C(Cc1ccc(-c2cnc(Nc3cnn(C)c3)nc2)cc1)Nc1cc(Cl)c(C2CC2)cn1. The van der Waals surface area contributed by atoms with Crippen molar-refractivity contribution < 1.29 is 0 Å². The van der Waals surface area contributed by atoms with Gasteiger partial charge in [0.1, 0.15) is 5.82 Å². The summed E-state index contributed by atoms with van der Waals surface area (Å²) in [7, 11) is 1.86. The number of halogens is 1. The number of aryl methyl sites for hydroxylation is 1. The molecule has 1 saturated carbocycles. The van der Waals surface area contributed by atoms with E-state index in [1.807, 2.05) is 37.9 Å². The fraction of sp³-hybridized carbons (Fsp3) is 0.200. The minimum atomic E-state index is 0.532. The molecule has 0 aliphatic heterocycles. The van der Waals surface area contributed by atoms with E-state index >= 15 is 0 Å². The number of anilines is 3. The van der Waals surface area contributed by atoms with E-state index in [0.29, 0.717) is 18.3 Å². The molecule has 0 bridgehead atoms. The Hall–Kier alpha value is -3.71. The van der Waals surface area contributed by atoms with Crippen LogP contribution in [0.2, 0.25) is 5.02 Å². The quantitative estimate of drug-likeness (QED) is 0.352. The summed E-state index contributed by atoms with van der Waals surface area (Å²) in [4.78, 5) is 13.3. The maximum Gasteiger partial charge on any atom is 0.227 e. The van der Waals surface area contributed by atoms with E-state index in [9.17, 15) is 0 Å². The molecule has 3 heterocycles. The number of rotatable bonds is 8. The molecule has 33 heavy (non-hydrogen) atoms. The van der Waals surface area contributed by atoms with Gasteiger partial charge in [-0.05, 0) is 41.5 Å². The van der Waals surface area contributed by atoms with Crippen LogP contribution in [0.3, 0.4) is 0 Å². The maximum absolute atomic E-state index is 6.41. The monoisotopic (exact) mass is 457 g/mol. The standard InChI is InChI=1S/C25H24ClN7/c1-16(31-24-10-23(26)22(14-27-24)19-7-8-19)9-17-3-5-18(6-4-17)20-11-28-25(29-12-20)32-21-13-30-33(2)15-21/h3-6,10-15,19H,1,7-9H2,2H3,(H,27,31)(H,28,29,32). The Morgan fingerprint density at radius 2 is 1.82 bits per heavy atom. The molecule has 0 amide bonds. The predicted molar refractivity (Wildman–Crippen MR) is 132 cm³/mol. The number of hydrogen-bond donors (Lipinski definition) is 2. The van der Waals surface area contributed by atoms with E-state index in [1.54, 1.807) is 10.9 Å². The largest absolute Gasteiger partial charge is 0.344 e. The number of aromatic nitrogens is 5. The van der Waals surface area contributed by atoms with Gasteiger partial charge in [0, 0.05) is 54.5 Å². The Morgan fingerprint density at radius 1 is 1.06 bits per heavy atom. The molecule has 4 aromatic rings. The Labute approximate surface area is 197 Å². The van der Waals surface area contributed by atoms with Gasteiger partial charge in [0.2, 0.25) is 5.95 Å². The van der Waals surface area contributed by atoms with Gasteiger partial charge in [0.05, 0.1) is 11.9 Å². The molecule has 166 valence electrons. The van der Waals surface area contributed by atoms with E-state index in [-0.39, 0.29) is 0 Å². The number of nitrogens with one attached hydrogen (secondary N) is 2. The van der Waals surface area contributed by atoms with Crippen molar-refractivity contribution in [2.24, 2.45) is 7.05 Å². The molecule has 1 aromatic carbocycles. The summed E-state index contributed by atoms with van der Waals surface area (Å²) in [6.07, 6.45) is 12.2.